The fourth-order valence-corrected chi connectivity index (χ4v) is 1.82. The van der Waals surface area contributed by atoms with E-state index in [-0.39, 0.29) is 17.9 Å². The van der Waals surface area contributed by atoms with Gasteiger partial charge >= 0.3 is 5.97 Å². The van der Waals surface area contributed by atoms with Crippen LogP contribution in [-0.4, -0.2) is 36.1 Å². The van der Waals surface area contributed by atoms with Gasteiger partial charge in [-0.1, -0.05) is 13.8 Å². The Labute approximate surface area is 102 Å². The molecule has 0 aromatic heterocycles. The Hall–Kier alpha value is -1.10. The molecule has 1 saturated carbocycles. The number of carbonyl (C=O) groups is 2. The largest absolute Gasteiger partial charge is 0.481 e. The molecule has 2 unspecified atom stereocenters. The second-order valence-electron chi connectivity index (χ2n) is 5.03. The fourth-order valence-electron chi connectivity index (χ4n) is 1.82. The van der Waals surface area contributed by atoms with Crippen LogP contribution < -0.4 is 10.6 Å². The standard InChI is InChI=1S/C12H22N2O3/c1-8(2)7-14-11(15)5-6-13-10-4-3-9(10)12(16)17/h8-10,13H,3-7H2,1-2H3,(H,14,15)(H,16,17). The summed E-state index contributed by atoms with van der Waals surface area (Å²) in [6, 6.07) is 0.0467. The molecule has 5 nitrogen and oxygen atoms in total. The van der Waals surface area contributed by atoms with Gasteiger partial charge in [-0.15, -0.1) is 0 Å². The van der Waals surface area contributed by atoms with Crippen LogP contribution in [-0.2, 0) is 9.59 Å². The summed E-state index contributed by atoms with van der Waals surface area (Å²) in [5.41, 5.74) is 0. The van der Waals surface area contributed by atoms with Crippen LogP contribution in [0.3, 0.4) is 0 Å². The van der Waals surface area contributed by atoms with E-state index in [1.807, 2.05) is 13.8 Å². The van der Waals surface area contributed by atoms with Crippen LogP contribution in [0.4, 0.5) is 0 Å². The number of hydrogen-bond acceptors (Lipinski definition) is 3. The summed E-state index contributed by atoms with van der Waals surface area (Å²) in [7, 11) is 0. The van der Waals surface area contributed by atoms with E-state index in [1.54, 1.807) is 0 Å². The fraction of sp³-hybridized carbons (Fsp3) is 0.833. The third kappa shape index (κ3) is 4.73. The minimum atomic E-state index is -0.738. The van der Waals surface area contributed by atoms with Gasteiger partial charge in [-0.25, -0.2) is 0 Å². The second-order valence-corrected chi connectivity index (χ2v) is 5.03. The van der Waals surface area contributed by atoms with Crippen LogP contribution in [0.1, 0.15) is 33.1 Å². The van der Waals surface area contributed by atoms with E-state index in [1.165, 1.54) is 0 Å². The molecule has 98 valence electrons. The van der Waals surface area contributed by atoms with Gasteiger partial charge in [0.2, 0.25) is 5.91 Å². The SMILES string of the molecule is CC(C)CNC(=O)CCNC1CCC1C(=O)O. The van der Waals surface area contributed by atoms with Crippen molar-refractivity contribution in [2.45, 2.75) is 39.2 Å². The van der Waals surface area contributed by atoms with Crippen LogP contribution in [0.2, 0.25) is 0 Å². The van der Waals surface area contributed by atoms with Gasteiger partial charge in [-0.3, -0.25) is 9.59 Å². The van der Waals surface area contributed by atoms with Crippen molar-refractivity contribution in [2.75, 3.05) is 13.1 Å². The summed E-state index contributed by atoms with van der Waals surface area (Å²) >= 11 is 0. The highest BCUT2D eigenvalue weighted by molar-refractivity contribution is 5.76. The lowest BCUT2D eigenvalue weighted by atomic mass is 9.79. The molecular formula is C12H22N2O3. The van der Waals surface area contributed by atoms with Crippen LogP contribution in [0.25, 0.3) is 0 Å². The topological polar surface area (TPSA) is 78.4 Å². The van der Waals surface area contributed by atoms with Crippen LogP contribution in [0.15, 0.2) is 0 Å². The molecule has 3 N–H and O–H groups in total. The average molecular weight is 242 g/mol. The first kappa shape index (κ1) is 14.0. The lowest BCUT2D eigenvalue weighted by Crippen LogP contribution is -2.48. The zero-order valence-corrected chi connectivity index (χ0v) is 10.5. The van der Waals surface area contributed by atoms with E-state index in [0.717, 1.165) is 12.8 Å². The molecule has 2 atom stereocenters. The van der Waals surface area contributed by atoms with Crippen molar-refractivity contribution in [1.29, 1.82) is 0 Å². The van der Waals surface area contributed by atoms with Crippen LogP contribution in [0, 0.1) is 11.8 Å². The predicted octanol–water partition coefficient (Wildman–Crippen LogP) is 0.601. The summed E-state index contributed by atoms with van der Waals surface area (Å²) in [5, 5.41) is 14.8. The van der Waals surface area contributed by atoms with Crippen LogP contribution in [0.5, 0.6) is 0 Å². The molecule has 17 heavy (non-hydrogen) atoms. The molecule has 1 aliphatic rings. The summed E-state index contributed by atoms with van der Waals surface area (Å²) in [6.45, 7) is 5.34. The molecule has 0 bridgehead atoms. The van der Waals surface area contributed by atoms with E-state index in [4.69, 9.17) is 5.11 Å². The maximum Gasteiger partial charge on any atom is 0.308 e. The smallest absolute Gasteiger partial charge is 0.308 e. The number of nitrogens with one attached hydrogen (secondary N) is 2. The Bertz CT molecular complexity index is 279. The van der Waals surface area contributed by atoms with Crippen molar-refractivity contribution in [2.24, 2.45) is 11.8 Å². The second kappa shape index (κ2) is 6.59. The van der Waals surface area contributed by atoms with Crippen molar-refractivity contribution in [1.82, 2.24) is 10.6 Å². The molecule has 1 fully saturated rings. The Morgan fingerprint density at radius 2 is 2.06 bits per heavy atom. The van der Waals surface area contributed by atoms with E-state index < -0.39 is 5.97 Å². The first-order valence-corrected chi connectivity index (χ1v) is 6.23. The van der Waals surface area contributed by atoms with Gasteiger partial charge < -0.3 is 15.7 Å². The predicted molar refractivity (Wildman–Crippen MR) is 64.6 cm³/mol. The van der Waals surface area contributed by atoms with Crippen molar-refractivity contribution in [3.8, 4) is 0 Å². The summed E-state index contributed by atoms with van der Waals surface area (Å²) < 4.78 is 0. The van der Waals surface area contributed by atoms with E-state index in [9.17, 15) is 9.59 Å². The highest BCUT2D eigenvalue weighted by Gasteiger charge is 2.35. The van der Waals surface area contributed by atoms with Crippen molar-refractivity contribution in [3.63, 3.8) is 0 Å². The van der Waals surface area contributed by atoms with Crippen LogP contribution >= 0.6 is 0 Å². The van der Waals surface area contributed by atoms with Gasteiger partial charge in [0.1, 0.15) is 0 Å². The molecule has 0 aromatic rings. The highest BCUT2D eigenvalue weighted by Crippen LogP contribution is 2.27. The minimum Gasteiger partial charge on any atom is -0.481 e. The van der Waals surface area contributed by atoms with Gasteiger partial charge in [-0.2, -0.15) is 0 Å². The number of carbonyl (C=O) groups excluding carboxylic acids is 1. The Balaban J connectivity index is 2.07. The number of amides is 1. The molecule has 0 radical (unpaired) electrons. The molecule has 0 heterocycles. The number of hydrogen-bond donors (Lipinski definition) is 3. The molecular weight excluding hydrogens is 220 g/mol. The first-order chi connectivity index (χ1) is 8.00. The van der Waals surface area contributed by atoms with E-state index >= 15 is 0 Å². The van der Waals surface area contributed by atoms with Gasteiger partial charge in [-0.05, 0) is 18.8 Å². The third-order valence-electron chi connectivity index (χ3n) is 3.06. The molecule has 5 heteroatoms. The Morgan fingerprint density at radius 1 is 1.35 bits per heavy atom. The molecule has 1 rings (SSSR count). The number of carboxylic acid groups (broad SMARTS) is 1. The lowest BCUT2D eigenvalue weighted by Gasteiger charge is -2.34. The molecule has 0 aromatic carbocycles. The van der Waals surface area contributed by atoms with Gasteiger partial charge in [0, 0.05) is 25.6 Å². The normalized spacial score (nSPS) is 23.2. The van der Waals surface area contributed by atoms with Crippen molar-refractivity contribution < 1.29 is 14.7 Å². The lowest BCUT2D eigenvalue weighted by molar-refractivity contribution is -0.146. The molecule has 0 saturated heterocycles. The summed E-state index contributed by atoms with van der Waals surface area (Å²) in [5.74, 6) is -0.529. The first-order valence-electron chi connectivity index (χ1n) is 6.23. The third-order valence-corrected chi connectivity index (χ3v) is 3.06. The Morgan fingerprint density at radius 3 is 2.53 bits per heavy atom. The zero-order valence-electron chi connectivity index (χ0n) is 10.5. The van der Waals surface area contributed by atoms with Gasteiger partial charge in [0.25, 0.3) is 0 Å². The van der Waals surface area contributed by atoms with Crippen molar-refractivity contribution >= 4 is 11.9 Å². The minimum absolute atomic E-state index is 0.0254. The summed E-state index contributed by atoms with van der Waals surface area (Å²) in [6.07, 6.45) is 2.05. The van der Waals surface area contributed by atoms with E-state index in [2.05, 4.69) is 10.6 Å². The molecule has 1 amide bonds. The number of carboxylic acids is 1. The Kier molecular flexibility index (Phi) is 5.41. The quantitative estimate of drug-likeness (QED) is 0.611. The highest BCUT2D eigenvalue weighted by atomic mass is 16.4. The number of rotatable bonds is 7. The van der Waals surface area contributed by atoms with Gasteiger partial charge in [0.05, 0.1) is 5.92 Å². The van der Waals surface area contributed by atoms with E-state index in [0.29, 0.717) is 25.4 Å². The average Bonchev–Trinajstić information content (AvgIpc) is 2.18. The van der Waals surface area contributed by atoms with Crippen molar-refractivity contribution in [3.05, 3.63) is 0 Å². The number of aliphatic carboxylic acids is 1. The monoisotopic (exact) mass is 242 g/mol. The summed E-state index contributed by atoms with van der Waals surface area (Å²) in [4.78, 5) is 22.1. The molecule has 0 aliphatic heterocycles. The zero-order chi connectivity index (χ0) is 12.8. The molecule has 0 spiro atoms. The van der Waals surface area contributed by atoms with Gasteiger partial charge in [0.15, 0.2) is 0 Å². The maximum atomic E-state index is 11.4. The maximum absolute atomic E-state index is 11.4. The molecule has 1 aliphatic carbocycles.